The van der Waals surface area contributed by atoms with Crippen LogP contribution >= 0.6 is 23.2 Å². The Morgan fingerprint density at radius 2 is 1.92 bits per heavy atom. The maximum atomic E-state index is 12.1. The molecule has 1 atom stereocenters. The highest BCUT2D eigenvalue weighted by atomic mass is 35.5. The molecule has 0 radical (unpaired) electrons. The second kappa shape index (κ2) is 9.41. The zero-order valence-corrected chi connectivity index (χ0v) is 14.9. The summed E-state index contributed by atoms with van der Waals surface area (Å²) in [5.41, 5.74) is 0.538. The molecule has 0 bridgehead atoms. The summed E-state index contributed by atoms with van der Waals surface area (Å²) < 4.78 is 5.19. The number of aliphatic carboxylic acids is 1. The number of ether oxygens (including phenoxy) is 1. The van der Waals surface area contributed by atoms with E-state index in [9.17, 15) is 14.4 Å². The number of carboxylic acid groups (broad SMARTS) is 1. The number of ketones is 1. The Bertz CT molecular complexity index is 704. The fourth-order valence-electron chi connectivity index (χ4n) is 1.73. The van der Waals surface area contributed by atoms with Gasteiger partial charge in [-0.1, -0.05) is 36.7 Å². The molecule has 0 aliphatic rings. The monoisotopic (exact) mass is 389 g/mol. The average molecular weight is 390 g/mol. The normalized spacial score (nSPS) is 11.5. The Morgan fingerprint density at radius 3 is 2.44 bits per heavy atom. The van der Waals surface area contributed by atoms with Gasteiger partial charge in [0.15, 0.2) is 12.4 Å². The predicted octanol–water partition coefficient (Wildman–Crippen LogP) is 2.08. The Morgan fingerprint density at radius 1 is 1.28 bits per heavy atom. The fourth-order valence-corrected chi connectivity index (χ4v) is 2.20. The minimum atomic E-state index is -1.43. The van der Waals surface area contributed by atoms with Crippen LogP contribution in [0.15, 0.2) is 24.3 Å². The first-order chi connectivity index (χ1) is 11.7. The largest absolute Gasteiger partial charge is 0.482 e. The van der Waals surface area contributed by atoms with Crippen molar-refractivity contribution in [1.82, 2.24) is 5.32 Å². The zero-order valence-electron chi connectivity index (χ0n) is 13.3. The second-order valence-corrected chi connectivity index (χ2v) is 5.71. The lowest BCUT2D eigenvalue weighted by Crippen LogP contribution is -2.45. The van der Waals surface area contributed by atoms with Gasteiger partial charge in [-0.25, -0.2) is 4.79 Å². The van der Waals surface area contributed by atoms with Crippen LogP contribution in [0.5, 0.6) is 5.75 Å². The molecule has 0 unspecified atom stereocenters. The van der Waals surface area contributed by atoms with E-state index >= 15 is 0 Å². The van der Waals surface area contributed by atoms with Crippen molar-refractivity contribution in [1.29, 1.82) is 0 Å². The van der Waals surface area contributed by atoms with Crippen LogP contribution in [0.2, 0.25) is 10.0 Å². The van der Waals surface area contributed by atoms with Gasteiger partial charge in [0.2, 0.25) is 0 Å². The second-order valence-electron chi connectivity index (χ2n) is 4.96. The molecule has 0 aliphatic carbocycles. The van der Waals surface area contributed by atoms with Gasteiger partial charge in [0, 0.05) is 5.56 Å². The Balaban J connectivity index is 2.83. The van der Waals surface area contributed by atoms with Gasteiger partial charge in [0.05, 0.1) is 11.6 Å². The molecule has 9 heteroatoms. The molecular weight excluding hydrogens is 373 g/mol. The van der Waals surface area contributed by atoms with Gasteiger partial charge >= 0.3 is 5.97 Å². The summed E-state index contributed by atoms with van der Waals surface area (Å²) in [5.74, 6) is -2.44. The smallest absolute Gasteiger partial charge is 0.328 e. The van der Waals surface area contributed by atoms with Crippen LogP contribution in [0.25, 0.3) is 0 Å². The van der Waals surface area contributed by atoms with Gasteiger partial charge in [-0.2, -0.15) is 0 Å². The summed E-state index contributed by atoms with van der Waals surface area (Å²) in [4.78, 5) is 34.5. The Hall–Kier alpha value is -2.09. The van der Waals surface area contributed by atoms with E-state index in [0.29, 0.717) is 12.0 Å². The molecule has 3 N–H and O–H groups in total. The molecule has 1 rings (SSSR count). The standard InChI is InChI=1S/C16H17Cl2NO6/c1-3-8(2)15(22)9-4-5-11(14(18)13(9)17)25-7-12(21)19-10(6-20)16(23)24/h4-5,10,20H,2-3,6-7H2,1H3,(H,19,21)(H,23,24)/t10-/m0/s1. The van der Waals surface area contributed by atoms with E-state index in [4.69, 9.17) is 38.2 Å². The van der Waals surface area contributed by atoms with Crippen LogP contribution in [-0.2, 0) is 9.59 Å². The van der Waals surface area contributed by atoms with Gasteiger partial charge in [-0.3, -0.25) is 9.59 Å². The van der Waals surface area contributed by atoms with Crippen molar-refractivity contribution in [3.63, 3.8) is 0 Å². The maximum Gasteiger partial charge on any atom is 0.328 e. The number of rotatable bonds is 9. The number of aliphatic hydroxyl groups excluding tert-OH is 1. The van der Waals surface area contributed by atoms with E-state index < -0.39 is 31.1 Å². The van der Waals surface area contributed by atoms with Crippen LogP contribution in [0, 0.1) is 0 Å². The molecular formula is C16H17Cl2NO6. The number of hydrogen-bond acceptors (Lipinski definition) is 5. The number of carboxylic acids is 1. The molecule has 0 aromatic heterocycles. The quantitative estimate of drug-likeness (QED) is 0.440. The van der Waals surface area contributed by atoms with Crippen LogP contribution in [0.4, 0.5) is 0 Å². The number of benzene rings is 1. The molecule has 136 valence electrons. The molecule has 1 aromatic rings. The summed E-state index contributed by atoms with van der Waals surface area (Å²) in [6.45, 7) is 4.12. The number of carbonyl (C=O) groups excluding carboxylic acids is 2. The van der Waals surface area contributed by atoms with E-state index in [0.717, 1.165) is 0 Å². The van der Waals surface area contributed by atoms with Gasteiger partial charge in [0.1, 0.15) is 16.8 Å². The summed E-state index contributed by atoms with van der Waals surface area (Å²) in [6, 6.07) is 1.34. The average Bonchev–Trinajstić information content (AvgIpc) is 2.59. The predicted molar refractivity (Wildman–Crippen MR) is 92.4 cm³/mol. The van der Waals surface area contributed by atoms with Gasteiger partial charge in [-0.15, -0.1) is 0 Å². The number of allylic oxidation sites excluding steroid dienone is 1. The van der Waals surface area contributed by atoms with Crippen molar-refractivity contribution in [2.45, 2.75) is 19.4 Å². The molecule has 7 nitrogen and oxygen atoms in total. The topological polar surface area (TPSA) is 113 Å². The molecule has 0 saturated heterocycles. The van der Waals surface area contributed by atoms with Crippen LogP contribution < -0.4 is 10.1 Å². The number of Topliss-reactive ketones (excluding diaryl/α,β-unsaturated/α-hetero) is 1. The first-order valence-corrected chi connectivity index (χ1v) is 7.94. The Kier molecular flexibility index (Phi) is 7.89. The van der Waals surface area contributed by atoms with Crippen molar-refractivity contribution in [2.24, 2.45) is 0 Å². The third-order valence-corrected chi connectivity index (χ3v) is 4.08. The van der Waals surface area contributed by atoms with E-state index in [-0.39, 0.29) is 27.1 Å². The molecule has 0 aliphatic heterocycles. The van der Waals surface area contributed by atoms with Crippen LogP contribution in [0.3, 0.4) is 0 Å². The molecule has 25 heavy (non-hydrogen) atoms. The summed E-state index contributed by atoms with van der Waals surface area (Å²) in [6.07, 6.45) is 0.459. The van der Waals surface area contributed by atoms with Crippen molar-refractivity contribution in [3.8, 4) is 5.75 Å². The maximum absolute atomic E-state index is 12.1. The fraction of sp³-hybridized carbons (Fsp3) is 0.312. The zero-order chi connectivity index (χ0) is 19.1. The summed E-state index contributed by atoms with van der Waals surface area (Å²) in [5, 5.41) is 19.6. The SMILES string of the molecule is C=C(CC)C(=O)c1ccc(OCC(=O)N[C@@H](CO)C(=O)O)c(Cl)c1Cl. The van der Waals surface area contributed by atoms with Gasteiger partial charge in [-0.05, 0) is 24.1 Å². The molecule has 0 saturated carbocycles. The highest BCUT2D eigenvalue weighted by molar-refractivity contribution is 6.45. The molecule has 0 heterocycles. The minimum absolute atomic E-state index is 0.0297. The summed E-state index contributed by atoms with van der Waals surface area (Å²) in [7, 11) is 0. The lowest BCUT2D eigenvalue weighted by Gasteiger charge is -2.14. The molecule has 1 amide bonds. The first kappa shape index (κ1) is 21.0. The van der Waals surface area contributed by atoms with Crippen molar-refractivity contribution < 1.29 is 29.3 Å². The number of amides is 1. The van der Waals surface area contributed by atoms with Crippen LogP contribution in [-0.4, -0.2) is 47.1 Å². The molecule has 0 fully saturated rings. The molecule has 0 spiro atoms. The van der Waals surface area contributed by atoms with Crippen LogP contribution in [0.1, 0.15) is 23.7 Å². The van der Waals surface area contributed by atoms with Crippen molar-refractivity contribution in [3.05, 3.63) is 39.9 Å². The van der Waals surface area contributed by atoms with E-state index in [1.54, 1.807) is 6.92 Å². The molecule has 1 aromatic carbocycles. The van der Waals surface area contributed by atoms with Gasteiger partial charge < -0.3 is 20.3 Å². The third-order valence-electron chi connectivity index (χ3n) is 3.21. The Labute approximate surface area is 154 Å². The number of aliphatic hydroxyl groups is 1. The first-order valence-electron chi connectivity index (χ1n) is 7.19. The third kappa shape index (κ3) is 5.45. The number of hydrogen-bond donors (Lipinski definition) is 3. The van der Waals surface area contributed by atoms with E-state index in [2.05, 4.69) is 11.9 Å². The number of nitrogens with one attached hydrogen (secondary N) is 1. The van der Waals surface area contributed by atoms with Crippen molar-refractivity contribution in [2.75, 3.05) is 13.2 Å². The summed E-state index contributed by atoms with van der Waals surface area (Å²) >= 11 is 12.1. The lowest BCUT2D eigenvalue weighted by atomic mass is 10.0. The lowest BCUT2D eigenvalue weighted by molar-refractivity contribution is -0.143. The van der Waals surface area contributed by atoms with Crippen molar-refractivity contribution >= 4 is 40.9 Å². The van der Waals surface area contributed by atoms with Gasteiger partial charge in [0.25, 0.3) is 5.91 Å². The van der Waals surface area contributed by atoms with E-state index in [1.165, 1.54) is 12.1 Å². The highest BCUT2D eigenvalue weighted by Crippen LogP contribution is 2.35. The van der Waals surface area contributed by atoms with E-state index in [1.807, 2.05) is 0 Å². The number of halogens is 2. The highest BCUT2D eigenvalue weighted by Gasteiger charge is 2.21. The number of carbonyl (C=O) groups is 3. The minimum Gasteiger partial charge on any atom is -0.482 e.